The van der Waals surface area contributed by atoms with Gasteiger partial charge in [0.1, 0.15) is 5.75 Å². The van der Waals surface area contributed by atoms with E-state index >= 15 is 0 Å². The third kappa shape index (κ3) is 4.66. The summed E-state index contributed by atoms with van der Waals surface area (Å²) in [6.07, 6.45) is 0. The lowest BCUT2D eigenvalue weighted by atomic mass is 9.93. The fraction of sp³-hybridized carbons (Fsp3) is 0.458. The summed E-state index contributed by atoms with van der Waals surface area (Å²) in [7, 11) is 0. The number of rotatable bonds is 5. The Labute approximate surface area is 189 Å². The molecule has 6 nitrogen and oxygen atoms in total. The topological polar surface area (TPSA) is 56.8 Å². The van der Waals surface area contributed by atoms with E-state index in [2.05, 4.69) is 47.8 Å². The number of benzene rings is 2. The van der Waals surface area contributed by atoms with Crippen molar-refractivity contribution in [2.24, 2.45) is 5.92 Å². The van der Waals surface area contributed by atoms with E-state index in [1.807, 2.05) is 30.0 Å². The van der Waals surface area contributed by atoms with Crippen molar-refractivity contribution in [2.45, 2.75) is 26.8 Å². The Kier molecular flexibility index (Phi) is 6.70. The van der Waals surface area contributed by atoms with Crippen LogP contribution < -0.4 is 20.5 Å². The smallest absolute Gasteiger partial charge is 0.229 e. The molecular formula is C24H31ClN4O2. The Balaban J connectivity index is 1.42. The minimum absolute atomic E-state index is 0.113. The highest BCUT2D eigenvalue weighted by Gasteiger charge is 2.37. The number of hydrazine groups is 1. The number of halogens is 1. The molecule has 0 radical (unpaired) electrons. The van der Waals surface area contributed by atoms with Crippen molar-refractivity contribution in [3.63, 3.8) is 0 Å². The van der Waals surface area contributed by atoms with Gasteiger partial charge < -0.3 is 14.5 Å². The molecule has 2 aromatic rings. The van der Waals surface area contributed by atoms with Crippen LogP contribution in [0.15, 0.2) is 36.4 Å². The number of aryl methyl sites for hydroxylation is 2. The second-order valence-electron chi connectivity index (χ2n) is 8.33. The van der Waals surface area contributed by atoms with Gasteiger partial charge in [0.05, 0.1) is 23.6 Å². The van der Waals surface area contributed by atoms with Crippen LogP contribution in [0.1, 0.15) is 29.7 Å². The first kappa shape index (κ1) is 21.9. The van der Waals surface area contributed by atoms with Crippen LogP contribution in [0.3, 0.4) is 0 Å². The molecule has 0 bridgehead atoms. The molecular weight excluding hydrogens is 412 g/mol. The maximum atomic E-state index is 13.4. The van der Waals surface area contributed by atoms with Crippen LogP contribution in [0.2, 0.25) is 5.02 Å². The molecule has 2 fully saturated rings. The third-order valence-electron chi connectivity index (χ3n) is 6.20. The molecule has 2 aliphatic rings. The molecule has 0 aliphatic carbocycles. The van der Waals surface area contributed by atoms with Crippen LogP contribution in [-0.2, 0) is 4.79 Å². The predicted octanol–water partition coefficient (Wildman–Crippen LogP) is 3.47. The van der Waals surface area contributed by atoms with Gasteiger partial charge >= 0.3 is 0 Å². The molecule has 166 valence electrons. The van der Waals surface area contributed by atoms with E-state index in [4.69, 9.17) is 16.3 Å². The SMILES string of the molecule is CCOc1ccc(C2NNCC2C(=O)N2CCN(c3ccc(C)cc3C)CC2)cc1Cl. The summed E-state index contributed by atoms with van der Waals surface area (Å²) in [6.45, 7) is 10.5. The minimum Gasteiger partial charge on any atom is -0.492 e. The highest BCUT2D eigenvalue weighted by Crippen LogP contribution is 2.33. The van der Waals surface area contributed by atoms with E-state index < -0.39 is 0 Å². The molecule has 2 atom stereocenters. The van der Waals surface area contributed by atoms with Gasteiger partial charge in [0.15, 0.2) is 0 Å². The van der Waals surface area contributed by atoms with Crippen molar-refractivity contribution in [3.05, 3.63) is 58.1 Å². The summed E-state index contributed by atoms with van der Waals surface area (Å²) in [5.41, 5.74) is 11.2. The zero-order chi connectivity index (χ0) is 22.0. The Morgan fingerprint density at radius 1 is 1.13 bits per heavy atom. The maximum Gasteiger partial charge on any atom is 0.229 e. The Bertz CT molecular complexity index is 943. The van der Waals surface area contributed by atoms with Crippen LogP contribution >= 0.6 is 11.6 Å². The van der Waals surface area contributed by atoms with Crippen molar-refractivity contribution in [2.75, 3.05) is 44.2 Å². The summed E-state index contributed by atoms with van der Waals surface area (Å²) in [5, 5.41) is 0.571. The molecule has 2 aliphatic heterocycles. The van der Waals surface area contributed by atoms with Gasteiger partial charge in [0.2, 0.25) is 5.91 Å². The number of hydrogen-bond donors (Lipinski definition) is 2. The van der Waals surface area contributed by atoms with Crippen LogP contribution in [0.5, 0.6) is 5.75 Å². The van der Waals surface area contributed by atoms with E-state index in [0.29, 0.717) is 23.9 Å². The van der Waals surface area contributed by atoms with Crippen molar-refractivity contribution in [1.82, 2.24) is 15.8 Å². The highest BCUT2D eigenvalue weighted by molar-refractivity contribution is 6.32. The van der Waals surface area contributed by atoms with Gasteiger partial charge in [-0.3, -0.25) is 10.2 Å². The molecule has 2 aromatic carbocycles. The van der Waals surface area contributed by atoms with Crippen LogP contribution in [0, 0.1) is 19.8 Å². The number of amides is 1. The number of hydrogen-bond acceptors (Lipinski definition) is 5. The van der Waals surface area contributed by atoms with Crippen LogP contribution in [0.4, 0.5) is 5.69 Å². The minimum atomic E-state index is -0.165. The summed E-state index contributed by atoms with van der Waals surface area (Å²) in [6, 6.07) is 12.2. The number of ether oxygens (including phenoxy) is 1. The molecule has 4 rings (SSSR count). The lowest BCUT2D eigenvalue weighted by Crippen LogP contribution is -2.51. The number of nitrogens with zero attached hydrogens (tertiary/aromatic N) is 2. The molecule has 2 N–H and O–H groups in total. The Morgan fingerprint density at radius 3 is 2.58 bits per heavy atom. The third-order valence-corrected chi connectivity index (χ3v) is 6.49. The first-order chi connectivity index (χ1) is 15.0. The lowest BCUT2D eigenvalue weighted by Gasteiger charge is -2.38. The molecule has 2 saturated heterocycles. The van der Waals surface area contributed by atoms with E-state index in [0.717, 1.165) is 31.7 Å². The molecule has 0 aromatic heterocycles. The summed E-state index contributed by atoms with van der Waals surface area (Å²) in [5.74, 6) is 0.693. The quantitative estimate of drug-likeness (QED) is 0.742. The monoisotopic (exact) mass is 442 g/mol. The van der Waals surface area contributed by atoms with E-state index in [-0.39, 0.29) is 17.9 Å². The Morgan fingerprint density at radius 2 is 1.90 bits per heavy atom. The molecule has 1 amide bonds. The number of anilines is 1. The van der Waals surface area contributed by atoms with Gasteiger partial charge in [-0.25, -0.2) is 5.43 Å². The average Bonchev–Trinajstić information content (AvgIpc) is 3.25. The van der Waals surface area contributed by atoms with Crippen LogP contribution in [-0.4, -0.2) is 50.1 Å². The second-order valence-corrected chi connectivity index (χ2v) is 8.74. The fourth-order valence-corrected chi connectivity index (χ4v) is 4.83. The van der Waals surface area contributed by atoms with E-state index in [1.54, 1.807) is 0 Å². The normalized spacial score (nSPS) is 21.4. The molecule has 2 unspecified atom stereocenters. The van der Waals surface area contributed by atoms with Crippen LogP contribution in [0.25, 0.3) is 0 Å². The number of piperazine rings is 1. The van der Waals surface area contributed by atoms with E-state index in [9.17, 15) is 4.79 Å². The van der Waals surface area contributed by atoms with E-state index in [1.165, 1.54) is 16.8 Å². The zero-order valence-electron chi connectivity index (χ0n) is 18.5. The largest absolute Gasteiger partial charge is 0.492 e. The fourth-order valence-electron chi connectivity index (χ4n) is 4.59. The van der Waals surface area contributed by atoms with Crippen molar-refractivity contribution in [1.29, 1.82) is 0 Å². The zero-order valence-corrected chi connectivity index (χ0v) is 19.2. The first-order valence-electron chi connectivity index (χ1n) is 11.0. The molecule has 31 heavy (non-hydrogen) atoms. The van der Waals surface area contributed by atoms with Gasteiger partial charge in [-0.2, -0.15) is 0 Å². The maximum absolute atomic E-state index is 13.4. The first-order valence-corrected chi connectivity index (χ1v) is 11.4. The molecule has 0 spiro atoms. The second kappa shape index (κ2) is 9.47. The molecule has 7 heteroatoms. The average molecular weight is 443 g/mol. The summed E-state index contributed by atoms with van der Waals surface area (Å²) >= 11 is 6.39. The standard InChI is InChI=1S/C24H31ClN4O2/c1-4-31-22-8-6-18(14-20(22)25)23-19(15-26-27-23)24(30)29-11-9-28(10-12-29)21-7-5-16(2)13-17(21)3/h5-8,13-14,19,23,26-27H,4,9-12,15H2,1-3H3. The van der Waals surface area contributed by atoms with Gasteiger partial charge in [0, 0.05) is 38.4 Å². The highest BCUT2D eigenvalue weighted by atomic mass is 35.5. The molecule has 0 saturated carbocycles. The van der Waals surface area contributed by atoms with Crippen molar-refractivity contribution >= 4 is 23.2 Å². The molecule has 2 heterocycles. The summed E-state index contributed by atoms with van der Waals surface area (Å²) in [4.78, 5) is 17.7. The van der Waals surface area contributed by atoms with Gasteiger partial charge in [-0.1, -0.05) is 35.4 Å². The van der Waals surface area contributed by atoms with Crippen molar-refractivity contribution < 1.29 is 9.53 Å². The van der Waals surface area contributed by atoms with Crippen molar-refractivity contribution in [3.8, 4) is 5.75 Å². The Hall–Kier alpha value is -2.28. The number of carbonyl (C=O) groups is 1. The summed E-state index contributed by atoms with van der Waals surface area (Å²) < 4.78 is 5.54. The van der Waals surface area contributed by atoms with Gasteiger partial charge in [-0.15, -0.1) is 0 Å². The number of carbonyl (C=O) groups excluding carboxylic acids is 1. The predicted molar refractivity (Wildman–Crippen MR) is 125 cm³/mol. The number of nitrogens with one attached hydrogen (secondary N) is 2. The lowest BCUT2D eigenvalue weighted by molar-refractivity contribution is -0.135. The van der Waals surface area contributed by atoms with Gasteiger partial charge in [-0.05, 0) is 50.1 Å². The van der Waals surface area contributed by atoms with Gasteiger partial charge in [0.25, 0.3) is 0 Å².